The van der Waals surface area contributed by atoms with Gasteiger partial charge in [0.2, 0.25) is 5.91 Å². The number of amides is 1. The first-order valence-electron chi connectivity index (χ1n) is 7.54. The number of likely N-dealkylation sites (N-methyl/N-ethyl adjacent to an activating group) is 2. The van der Waals surface area contributed by atoms with Gasteiger partial charge >= 0.3 is 0 Å². The van der Waals surface area contributed by atoms with Crippen LogP contribution in [0.2, 0.25) is 0 Å². The van der Waals surface area contributed by atoms with E-state index in [4.69, 9.17) is 4.74 Å². The smallest absolute Gasteiger partial charge is 0.229 e. The molecule has 0 aliphatic carbocycles. The minimum Gasteiger partial charge on any atom is -0.497 e. The lowest BCUT2D eigenvalue weighted by Gasteiger charge is -2.21. The fourth-order valence-electron chi connectivity index (χ4n) is 2.50. The molecule has 0 radical (unpaired) electrons. The molecule has 1 atom stereocenters. The lowest BCUT2D eigenvalue weighted by atomic mass is 9.96. The summed E-state index contributed by atoms with van der Waals surface area (Å²) in [6.07, 6.45) is 0. The highest BCUT2D eigenvalue weighted by Gasteiger charge is 2.19. The van der Waals surface area contributed by atoms with Crippen LogP contribution in [-0.4, -0.2) is 45.1 Å². The van der Waals surface area contributed by atoms with Crippen LogP contribution in [0.1, 0.15) is 18.4 Å². The van der Waals surface area contributed by atoms with Gasteiger partial charge in [-0.1, -0.05) is 24.3 Å². The average molecular weight is 337 g/mol. The van der Waals surface area contributed by atoms with Crippen LogP contribution in [0.5, 0.6) is 5.75 Å². The Morgan fingerprint density at radius 3 is 2.52 bits per heavy atom. The van der Waals surface area contributed by atoms with Crippen molar-refractivity contribution >= 4 is 29.1 Å². The van der Waals surface area contributed by atoms with Crippen molar-refractivity contribution in [3.8, 4) is 5.75 Å². The molecule has 0 aliphatic heterocycles. The van der Waals surface area contributed by atoms with E-state index in [9.17, 15) is 4.79 Å². The van der Waals surface area contributed by atoms with E-state index >= 15 is 0 Å². The van der Waals surface area contributed by atoms with Gasteiger partial charge in [-0.05, 0) is 42.4 Å². The molecule has 0 spiro atoms. The van der Waals surface area contributed by atoms with Gasteiger partial charge in [0.1, 0.15) is 5.75 Å². The fourth-order valence-corrected chi connectivity index (χ4v) is 2.50. The first-order valence-corrected chi connectivity index (χ1v) is 7.54. The van der Waals surface area contributed by atoms with E-state index in [1.807, 2.05) is 51.4 Å². The number of methoxy groups -OCH3 is 1. The second-order valence-corrected chi connectivity index (χ2v) is 5.56. The molecule has 23 heavy (non-hydrogen) atoms. The molecule has 4 nitrogen and oxygen atoms in total. The van der Waals surface area contributed by atoms with E-state index < -0.39 is 0 Å². The number of halogens is 1. The predicted octanol–water partition coefficient (Wildman–Crippen LogP) is 3.05. The predicted molar refractivity (Wildman–Crippen MR) is 97.7 cm³/mol. The van der Waals surface area contributed by atoms with Gasteiger partial charge in [-0.15, -0.1) is 12.4 Å². The van der Waals surface area contributed by atoms with Crippen molar-refractivity contribution in [2.24, 2.45) is 0 Å². The lowest BCUT2D eigenvalue weighted by Crippen LogP contribution is -2.35. The van der Waals surface area contributed by atoms with Crippen LogP contribution < -0.4 is 10.1 Å². The number of fused-ring (bicyclic) bond motifs is 1. The van der Waals surface area contributed by atoms with E-state index in [-0.39, 0.29) is 24.2 Å². The molecule has 0 heterocycles. The van der Waals surface area contributed by atoms with Crippen LogP contribution in [0.4, 0.5) is 0 Å². The SMILES string of the molecule is CNCCN(C)C(=O)C(C)c1ccc2cc(OC)ccc2c1.Cl. The summed E-state index contributed by atoms with van der Waals surface area (Å²) < 4.78 is 5.24. The number of carbonyl (C=O) groups excluding carboxylic acids is 1. The number of benzene rings is 2. The Bertz CT molecular complexity index is 661. The summed E-state index contributed by atoms with van der Waals surface area (Å²) in [7, 11) is 5.40. The maximum Gasteiger partial charge on any atom is 0.229 e. The van der Waals surface area contributed by atoms with Crippen molar-refractivity contribution in [3.63, 3.8) is 0 Å². The molecule has 2 rings (SSSR count). The van der Waals surface area contributed by atoms with Crippen LogP contribution in [0.25, 0.3) is 10.8 Å². The largest absolute Gasteiger partial charge is 0.497 e. The summed E-state index contributed by atoms with van der Waals surface area (Å²) in [4.78, 5) is 14.2. The molecule has 1 unspecified atom stereocenters. The second kappa shape index (κ2) is 8.75. The van der Waals surface area contributed by atoms with E-state index in [1.54, 1.807) is 12.0 Å². The highest BCUT2D eigenvalue weighted by atomic mass is 35.5. The molecule has 0 saturated heterocycles. The van der Waals surface area contributed by atoms with Gasteiger partial charge in [-0.25, -0.2) is 0 Å². The molecular weight excluding hydrogens is 312 g/mol. The highest BCUT2D eigenvalue weighted by Crippen LogP contribution is 2.25. The lowest BCUT2D eigenvalue weighted by molar-refractivity contribution is -0.131. The van der Waals surface area contributed by atoms with Gasteiger partial charge in [0.05, 0.1) is 13.0 Å². The normalized spacial score (nSPS) is 11.7. The average Bonchev–Trinajstić information content (AvgIpc) is 2.57. The minimum absolute atomic E-state index is 0. The van der Waals surface area contributed by atoms with Crippen molar-refractivity contribution in [2.45, 2.75) is 12.8 Å². The molecule has 0 bridgehead atoms. The van der Waals surface area contributed by atoms with Gasteiger partial charge in [-0.3, -0.25) is 4.79 Å². The molecule has 0 fully saturated rings. The van der Waals surface area contributed by atoms with Gasteiger partial charge in [-0.2, -0.15) is 0 Å². The van der Waals surface area contributed by atoms with E-state index in [0.717, 1.165) is 28.6 Å². The Morgan fingerprint density at radius 2 is 1.87 bits per heavy atom. The molecule has 2 aromatic carbocycles. The molecule has 126 valence electrons. The summed E-state index contributed by atoms with van der Waals surface area (Å²) in [5.74, 6) is 0.840. The minimum atomic E-state index is -0.145. The standard InChI is InChI=1S/C18H24N2O2.ClH/c1-13(18(21)20(3)10-9-19-2)14-5-6-16-12-17(22-4)8-7-15(16)11-14;/h5-8,11-13,19H,9-10H2,1-4H3;1H. The van der Waals surface area contributed by atoms with Crippen molar-refractivity contribution < 1.29 is 9.53 Å². The van der Waals surface area contributed by atoms with Gasteiger partial charge < -0.3 is 15.0 Å². The van der Waals surface area contributed by atoms with Crippen LogP contribution in [0.15, 0.2) is 36.4 Å². The maximum atomic E-state index is 12.5. The Kier molecular flexibility index (Phi) is 7.33. The Morgan fingerprint density at radius 1 is 1.22 bits per heavy atom. The van der Waals surface area contributed by atoms with Crippen molar-refractivity contribution in [1.82, 2.24) is 10.2 Å². The Hall–Kier alpha value is -1.78. The number of ether oxygens (including phenoxy) is 1. The topological polar surface area (TPSA) is 41.6 Å². The van der Waals surface area contributed by atoms with Crippen LogP contribution in [0, 0.1) is 0 Å². The maximum absolute atomic E-state index is 12.5. The van der Waals surface area contributed by atoms with Crippen LogP contribution >= 0.6 is 12.4 Å². The first kappa shape index (κ1) is 19.3. The third-order valence-corrected chi connectivity index (χ3v) is 4.02. The highest BCUT2D eigenvalue weighted by molar-refractivity contribution is 5.88. The van der Waals surface area contributed by atoms with Crippen LogP contribution in [0.3, 0.4) is 0 Å². The van der Waals surface area contributed by atoms with Crippen molar-refractivity contribution in [3.05, 3.63) is 42.0 Å². The summed E-state index contributed by atoms with van der Waals surface area (Å²) in [6, 6.07) is 12.1. The summed E-state index contributed by atoms with van der Waals surface area (Å²) in [6.45, 7) is 3.47. The molecule has 0 saturated carbocycles. The Labute approximate surface area is 144 Å². The third-order valence-electron chi connectivity index (χ3n) is 4.02. The number of nitrogens with one attached hydrogen (secondary N) is 1. The number of carbonyl (C=O) groups is 1. The van der Waals surface area contributed by atoms with Gasteiger partial charge in [0.25, 0.3) is 0 Å². The Balaban J connectivity index is 0.00000264. The second-order valence-electron chi connectivity index (χ2n) is 5.56. The van der Waals surface area contributed by atoms with Crippen LogP contribution in [-0.2, 0) is 4.79 Å². The summed E-state index contributed by atoms with van der Waals surface area (Å²) in [5.41, 5.74) is 1.04. The number of hydrogen-bond acceptors (Lipinski definition) is 3. The molecular formula is C18H25ClN2O2. The zero-order chi connectivity index (χ0) is 16.1. The van der Waals surface area contributed by atoms with E-state index in [2.05, 4.69) is 11.4 Å². The molecule has 5 heteroatoms. The van der Waals surface area contributed by atoms with Gasteiger partial charge in [0.15, 0.2) is 0 Å². The monoisotopic (exact) mass is 336 g/mol. The quantitative estimate of drug-likeness (QED) is 0.881. The fraction of sp³-hybridized carbons (Fsp3) is 0.389. The first-order chi connectivity index (χ1) is 10.6. The zero-order valence-electron chi connectivity index (χ0n) is 14.1. The molecule has 0 aromatic heterocycles. The number of rotatable bonds is 6. The van der Waals surface area contributed by atoms with Crippen molar-refractivity contribution in [1.29, 1.82) is 0 Å². The number of nitrogens with zero attached hydrogens (tertiary/aromatic N) is 1. The van der Waals surface area contributed by atoms with E-state index in [0.29, 0.717) is 6.54 Å². The third kappa shape index (κ3) is 4.60. The molecule has 1 amide bonds. The van der Waals surface area contributed by atoms with Gasteiger partial charge in [0, 0.05) is 20.1 Å². The summed E-state index contributed by atoms with van der Waals surface area (Å²) in [5, 5.41) is 5.30. The van der Waals surface area contributed by atoms with E-state index in [1.165, 1.54) is 0 Å². The summed E-state index contributed by atoms with van der Waals surface area (Å²) >= 11 is 0. The molecule has 1 N–H and O–H groups in total. The molecule has 2 aromatic rings. The molecule has 0 aliphatic rings. The van der Waals surface area contributed by atoms with Crippen molar-refractivity contribution in [2.75, 3.05) is 34.3 Å². The zero-order valence-corrected chi connectivity index (χ0v) is 14.9. The number of hydrogen-bond donors (Lipinski definition) is 1.